The fraction of sp³-hybridized carbons (Fsp3) is 0.538. The molecule has 1 aliphatic rings. The molecular formula is C13H17FO. The molecule has 1 nitrogen and oxygen atoms in total. The minimum absolute atomic E-state index is 0.0771. The summed E-state index contributed by atoms with van der Waals surface area (Å²) in [5.74, 6) is 0.210. The second kappa shape index (κ2) is 3.51. The minimum Gasteiger partial charge on any atom is -0.487 e. The predicted octanol–water partition coefficient (Wildman–Crippen LogP) is 3.66. The summed E-state index contributed by atoms with van der Waals surface area (Å²) in [7, 11) is 0. The molecule has 0 radical (unpaired) electrons. The molecule has 0 amide bonds. The summed E-state index contributed by atoms with van der Waals surface area (Å²) >= 11 is 0. The Morgan fingerprint density at radius 2 is 1.93 bits per heavy atom. The molecule has 82 valence electrons. The van der Waals surface area contributed by atoms with Gasteiger partial charge < -0.3 is 4.74 Å². The third-order valence-electron chi connectivity index (χ3n) is 2.58. The van der Waals surface area contributed by atoms with Crippen molar-refractivity contribution < 1.29 is 9.13 Å². The molecule has 0 atom stereocenters. The molecule has 0 N–H and O–H groups in total. The molecule has 0 aliphatic heterocycles. The normalized spacial score (nSPS) is 16.5. The van der Waals surface area contributed by atoms with Crippen molar-refractivity contribution in [1.29, 1.82) is 0 Å². The summed E-state index contributed by atoms with van der Waals surface area (Å²) in [6.45, 7) is 6.21. The van der Waals surface area contributed by atoms with Crippen LogP contribution in [0.3, 0.4) is 0 Å². The molecule has 0 bridgehead atoms. The third-order valence-corrected chi connectivity index (χ3v) is 2.58. The van der Waals surface area contributed by atoms with Gasteiger partial charge in [-0.05, 0) is 24.3 Å². The van der Waals surface area contributed by atoms with Gasteiger partial charge in [0.1, 0.15) is 0 Å². The molecular weight excluding hydrogens is 191 g/mol. The van der Waals surface area contributed by atoms with Gasteiger partial charge in [0, 0.05) is 5.56 Å². The molecule has 0 heterocycles. The average Bonchev–Trinajstić information content (AvgIpc) is 2.90. The van der Waals surface area contributed by atoms with Crippen molar-refractivity contribution >= 4 is 0 Å². The maximum atomic E-state index is 13.6. The lowest BCUT2D eigenvalue weighted by molar-refractivity contribution is 0.279. The molecule has 2 heteroatoms. The summed E-state index contributed by atoms with van der Waals surface area (Å²) < 4.78 is 19.3. The van der Waals surface area contributed by atoms with E-state index in [1.165, 1.54) is 6.07 Å². The largest absolute Gasteiger partial charge is 0.487 e. The molecule has 0 aromatic heterocycles. The van der Waals surface area contributed by atoms with Crippen molar-refractivity contribution in [2.45, 2.75) is 45.1 Å². The zero-order valence-corrected chi connectivity index (χ0v) is 9.51. The van der Waals surface area contributed by atoms with Crippen molar-refractivity contribution in [1.82, 2.24) is 0 Å². The number of rotatable bonds is 2. The number of benzene rings is 1. The van der Waals surface area contributed by atoms with E-state index in [0.717, 1.165) is 18.4 Å². The van der Waals surface area contributed by atoms with Crippen LogP contribution in [0.2, 0.25) is 0 Å². The number of halogens is 1. The molecule has 0 spiro atoms. The van der Waals surface area contributed by atoms with E-state index in [9.17, 15) is 4.39 Å². The van der Waals surface area contributed by atoms with E-state index in [0.29, 0.717) is 5.75 Å². The Kier molecular flexibility index (Phi) is 2.45. The first-order valence-corrected chi connectivity index (χ1v) is 5.44. The number of hydrogen-bond donors (Lipinski definition) is 0. The topological polar surface area (TPSA) is 9.23 Å². The zero-order chi connectivity index (χ0) is 11.1. The summed E-state index contributed by atoms with van der Waals surface area (Å²) in [6.07, 6.45) is 2.35. The monoisotopic (exact) mass is 208 g/mol. The number of para-hydroxylation sites is 1. The Morgan fingerprint density at radius 1 is 1.27 bits per heavy atom. The van der Waals surface area contributed by atoms with Crippen LogP contribution in [0.4, 0.5) is 4.39 Å². The molecule has 1 saturated carbocycles. The van der Waals surface area contributed by atoms with E-state index in [1.807, 2.05) is 6.07 Å². The Hall–Kier alpha value is -1.05. The van der Waals surface area contributed by atoms with Crippen molar-refractivity contribution in [2.24, 2.45) is 0 Å². The van der Waals surface area contributed by atoms with E-state index >= 15 is 0 Å². The first-order chi connectivity index (χ1) is 6.98. The highest BCUT2D eigenvalue weighted by atomic mass is 19.1. The Bertz CT molecular complexity index is 361. The van der Waals surface area contributed by atoms with Crippen molar-refractivity contribution in [3.8, 4) is 5.75 Å². The quantitative estimate of drug-likeness (QED) is 0.720. The van der Waals surface area contributed by atoms with E-state index in [4.69, 9.17) is 4.74 Å². The van der Waals surface area contributed by atoms with E-state index < -0.39 is 0 Å². The second-order valence-corrected chi connectivity index (χ2v) is 5.18. The van der Waals surface area contributed by atoms with Gasteiger partial charge in [-0.25, -0.2) is 4.39 Å². The third kappa shape index (κ3) is 2.31. The smallest absolute Gasteiger partial charge is 0.165 e. The van der Waals surface area contributed by atoms with Gasteiger partial charge in [0.15, 0.2) is 11.6 Å². The van der Waals surface area contributed by atoms with Crippen LogP contribution in [0.15, 0.2) is 18.2 Å². The van der Waals surface area contributed by atoms with Crippen LogP contribution in [-0.2, 0) is 5.41 Å². The van der Waals surface area contributed by atoms with Crippen molar-refractivity contribution in [3.63, 3.8) is 0 Å². The second-order valence-electron chi connectivity index (χ2n) is 5.18. The lowest BCUT2D eigenvalue weighted by atomic mass is 9.86. The van der Waals surface area contributed by atoms with E-state index in [2.05, 4.69) is 20.8 Å². The molecule has 1 aromatic carbocycles. The summed E-state index contributed by atoms with van der Waals surface area (Å²) in [6, 6.07) is 5.16. The van der Waals surface area contributed by atoms with Gasteiger partial charge in [0.2, 0.25) is 0 Å². The van der Waals surface area contributed by atoms with Gasteiger partial charge >= 0.3 is 0 Å². The standard InChI is InChI=1S/C13H17FO/c1-13(2,3)10-5-4-6-11(14)12(10)15-9-7-8-9/h4-6,9H,7-8H2,1-3H3. The fourth-order valence-corrected chi connectivity index (χ4v) is 1.57. The molecule has 1 fully saturated rings. The van der Waals surface area contributed by atoms with Crippen molar-refractivity contribution in [3.05, 3.63) is 29.6 Å². The van der Waals surface area contributed by atoms with E-state index in [-0.39, 0.29) is 17.3 Å². The molecule has 1 aliphatic carbocycles. The zero-order valence-electron chi connectivity index (χ0n) is 9.51. The summed E-state index contributed by atoms with van der Waals surface area (Å²) in [4.78, 5) is 0. The average molecular weight is 208 g/mol. The molecule has 1 aromatic rings. The first kappa shape index (κ1) is 10.5. The van der Waals surface area contributed by atoms with E-state index in [1.54, 1.807) is 6.07 Å². The van der Waals surface area contributed by atoms with Gasteiger partial charge in [-0.15, -0.1) is 0 Å². The van der Waals surface area contributed by atoms with Crippen LogP contribution in [0.1, 0.15) is 39.2 Å². The maximum absolute atomic E-state index is 13.6. The van der Waals surface area contributed by atoms with Gasteiger partial charge in [-0.2, -0.15) is 0 Å². The fourth-order valence-electron chi connectivity index (χ4n) is 1.57. The number of ether oxygens (including phenoxy) is 1. The van der Waals surface area contributed by atoms with Gasteiger partial charge in [0.25, 0.3) is 0 Å². The first-order valence-electron chi connectivity index (χ1n) is 5.44. The summed E-state index contributed by atoms with van der Waals surface area (Å²) in [5, 5.41) is 0. The molecule has 15 heavy (non-hydrogen) atoms. The lowest BCUT2D eigenvalue weighted by Gasteiger charge is -2.23. The molecule has 0 unspecified atom stereocenters. The lowest BCUT2D eigenvalue weighted by Crippen LogP contribution is -2.15. The highest BCUT2D eigenvalue weighted by molar-refractivity contribution is 5.40. The van der Waals surface area contributed by atoms with Crippen LogP contribution in [0.25, 0.3) is 0 Å². The number of hydrogen-bond acceptors (Lipinski definition) is 1. The van der Waals surface area contributed by atoms with Crippen LogP contribution >= 0.6 is 0 Å². The van der Waals surface area contributed by atoms with Crippen LogP contribution < -0.4 is 4.74 Å². The SMILES string of the molecule is CC(C)(C)c1cccc(F)c1OC1CC1. The molecule has 2 rings (SSSR count). The minimum atomic E-state index is -0.241. The Morgan fingerprint density at radius 3 is 2.47 bits per heavy atom. The van der Waals surface area contributed by atoms with Gasteiger partial charge in [-0.3, -0.25) is 0 Å². The Labute approximate surface area is 90.3 Å². The van der Waals surface area contributed by atoms with Crippen LogP contribution in [0, 0.1) is 5.82 Å². The maximum Gasteiger partial charge on any atom is 0.165 e. The summed E-state index contributed by atoms with van der Waals surface area (Å²) in [5.41, 5.74) is 0.876. The van der Waals surface area contributed by atoms with Crippen molar-refractivity contribution in [2.75, 3.05) is 0 Å². The van der Waals surface area contributed by atoms with Crippen LogP contribution in [0.5, 0.6) is 5.75 Å². The van der Waals surface area contributed by atoms with Gasteiger partial charge in [-0.1, -0.05) is 32.9 Å². The predicted molar refractivity (Wildman–Crippen MR) is 58.8 cm³/mol. The highest BCUT2D eigenvalue weighted by Crippen LogP contribution is 2.36. The molecule has 0 saturated heterocycles. The van der Waals surface area contributed by atoms with Gasteiger partial charge in [0.05, 0.1) is 6.10 Å². The van der Waals surface area contributed by atoms with Crippen LogP contribution in [-0.4, -0.2) is 6.10 Å². The Balaban J connectivity index is 2.38. The highest BCUT2D eigenvalue weighted by Gasteiger charge is 2.28.